The highest BCUT2D eigenvalue weighted by molar-refractivity contribution is 6.11. The van der Waals surface area contributed by atoms with E-state index in [2.05, 4.69) is 193 Å². The lowest BCUT2D eigenvalue weighted by molar-refractivity contribution is 0.669. The van der Waals surface area contributed by atoms with Crippen molar-refractivity contribution in [2.75, 3.05) is 4.90 Å². The average Bonchev–Trinajstić information content (AvgIpc) is 3.54. The lowest BCUT2D eigenvalue weighted by Crippen LogP contribution is -2.11. The average molecular weight is 638 g/mol. The van der Waals surface area contributed by atoms with Gasteiger partial charge in [0.2, 0.25) is 0 Å². The maximum Gasteiger partial charge on any atom is 0.136 e. The van der Waals surface area contributed by atoms with E-state index in [0.29, 0.717) is 0 Å². The van der Waals surface area contributed by atoms with E-state index in [9.17, 15) is 0 Å². The molecule has 0 aliphatic carbocycles. The Labute approximate surface area is 290 Å². The zero-order chi connectivity index (χ0) is 33.0. The fraction of sp³-hybridized carbons (Fsp3) is 0. The van der Waals surface area contributed by atoms with Crippen LogP contribution in [0.25, 0.3) is 76.5 Å². The van der Waals surface area contributed by atoms with E-state index in [4.69, 9.17) is 4.42 Å². The summed E-state index contributed by atoms with van der Waals surface area (Å²) in [7, 11) is 0. The van der Waals surface area contributed by atoms with Crippen LogP contribution in [-0.4, -0.2) is 0 Å². The maximum atomic E-state index is 6.42. The van der Waals surface area contributed by atoms with Gasteiger partial charge in [-0.25, -0.2) is 0 Å². The molecule has 0 N–H and O–H groups in total. The van der Waals surface area contributed by atoms with Crippen LogP contribution >= 0.6 is 0 Å². The fourth-order valence-corrected chi connectivity index (χ4v) is 7.55. The number of benzene rings is 9. The van der Waals surface area contributed by atoms with E-state index in [0.717, 1.165) is 39.0 Å². The SMILES string of the molecule is c1ccc(N(c2ccc(-c3cccc4ccccc34)cc2)c2ccc3oc4cc5ccccc5cc4c3c2)c(-c2ccc3ccccc3c2)c1. The third kappa shape index (κ3) is 4.73. The number of para-hydroxylation sites is 1. The molecule has 1 heterocycles. The molecule has 10 rings (SSSR count). The van der Waals surface area contributed by atoms with Crippen molar-refractivity contribution in [3.05, 3.63) is 188 Å². The van der Waals surface area contributed by atoms with Gasteiger partial charge in [-0.05, 0) is 104 Å². The Hall–Kier alpha value is -6.64. The van der Waals surface area contributed by atoms with Crippen molar-refractivity contribution in [2.24, 2.45) is 0 Å². The molecule has 0 aliphatic rings. The largest absolute Gasteiger partial charge is 0.456 e. The van der Waals surface area contributed by atoms with Crippen LogP contribution in [0.15, 0.2) is 192 Å². The third-order valence-corrected chi connectivity index (χ3v) is 10.0. The molecule has 0 unspecified atom stereocenters. The van der Waals surface area contributed by atoms with E-state index in [1.165, 1.54) is 54.6 Å². The lowest BCUT2D eigenvalue weighted by atomic mass is 9.97. The molecule has 1 aromatic heterocycles. The van der Waals surface area contributed by atoms with Gasteiger partial charge < -0.3 is 9.32 Å². The molecule has 9 aromatic carbocycles. The topological polar surface area (TPSA) is 16.4 Å². The molecule has 0 fully saturated rings. The summed E-state index contributed by atoms with van der Waals surface area (Å²) < 4.78 is 6.42. The monoisotopic (exact) mass is 637 g/mol. The Kier molecular flexibility index (Phi) is 6.53. The summed E-state index contributed by atoms with van der Waals surface area (Å²) in [6, 6.07) is 67.6. The van der Waals surface area contributed by atoms with Gasteiger partial charge in [0.25, 0.3) is 0 Å². The van der Waals surface area contributed by atoms with Crippen molar-refractivity contribution in [2.45, 2.75) is 0 Å². The molecule has 0 amide bonds. The summed E-state index contributed by atoms with van der Waals surface area (Å²) in [5, 5.41) is 9.56. The molecule has 0 spiro atoms. The number of furan rings is 1. The summed E-state index contributed by atoms with van der Waals surface area (Å²) in [5.41, 5.74) is 9.81. The van der Waals surface area contributed by atoms with Gasteiger partial charge in [0.05, 0.1) is 5.69 Å². The second-order valence-electron chi connectivity index (χ2n) is 13.0. The minimum Gasteiger partial charge on any atom is -0.456 e. The molecule has 0 atom stereocenters. The Balaban J connectivity index is 1.17. The number of rotatable bonds is 5. The Morgan fingerprint density at radius 3 is 1.76 bits per heavy atom. The second-order valence-corrected chi connectivity index (χ2v) is 13.0. The normalized spacial score (nSPS) is 11.6. The second kappa shape index (κ2) is 11.5. The summed E-state index contributed by atoms with van der Waals surface area (Å²) in [5.74, 6) is 0. The molecular weight excluding hydrogens is 607 g/mol. The van der Waals surface area contributed by atoms with E-state index in [-0.39, 0.29) is 0 Å². The minimum absolute atomic E-state index is 0.883. The molecule has 2 nitrogen and oxygen atoms in total. The molecule has 10 aromatic rings. The minimum atomic E-state index is 0.883. The number of nitrogens with zero attached hydrogens (tertiary/aromatic N) is 1. The van der Waals surface area contributed by atoms with Crippen molar-refractivity contribution >= 4 is 71.3 Å². The van der Waals surface area contributed by atoms with Crippen molar-refractivity contribution in [1.29, 1.82) is 0 Å². The maximum absolute atomic E-state index is 6.42. The van der Waals surface area contributed by atoms with Crippen LogP contribution in [0.1, 0.15) is 0 Å². The Morgan fingerprint density at radius 1 is 0.320 bits per heavy atom. The van der Waals surface area contributed by atoms with Crippen LogP contribution in [-0.2, 0) is 0 Å². The van der Waals surface area contributed by atoms with E-state index < -0.39 is 0 Å². The van der Waals surface area contributed by atoms with Gasteiger partial charge in [-0.3, -0.25) is 0 Å². The molecule has 0 saturated carbocycles. The highest BCUT2D eigenvalue weighted by Crippen LogP contribution is 2.44. The standard InChI is InChI=1S/C48H31NO/c1-2-12-35-28-38(21-20-32(35)10-1)43-17-7-8-19-46(43)49(39-24-22-34(23-25-39)42-18-9-15-33-11-5-6-16-41(33)42)40-26-27-47-45(31-40)44-29-36-13-3-4-14-37(36)30-48(44)50-47/h1-31H. The van der Waals surface area contributed by atoms with Crippen LogP contribution in [0.4, 0.5) is 17.1 Å². The van der Waals surface area contributed by atoms with Crippen LogP contribution in [0, 0.1) is 0 Å². The molecular formula is C48H31NO. The van der Waals surface area contributed by atoms with Crippen molar-refractivity contribution in [1.82, 2.24) is 0 Å². The first-order chi connectivity index (χ1) is 24.8. The van der Waals surface area contributed by atoms with Crippen LogP contribution in [0.5, 0.6) is 0 Å². The zero-order valence-electron chi connectivity index (χ0n) is 27.3. The number of hydrogen-bond acceptors (Lipinski definition) is 2. The molecule has 0 bridgehead atoms. The quantitative estimate of drug-likeness (QED) is 0.187. The van der Waals surface area contributed by atoms with Gasteiger partial charge in [-0.15, -0.1) is 0 Å². The predicted molar refractivity (Wildman–Crippen MR) is 212 cm³/mol. The van der Waals surface area contributed by atoms with Crippen molar-refractivity contribution in [3.63, 3.8) is 0 Å². The Bertz CT molecular complexity index is 2870. The predicted octanol–water partition coefficient (Wildman–Crippen LogP) is 13.8. The molecule has 2 heteroatoms. The van der Waals surface area contributed by atoms with Gasteiger partial charge in [0.15, 0.2) is 0 Å². The molecule has 0 saturated heterocycles. The van der Waals surface area contributed by atoms with Crippen molar-refractivity contribution < 1.29 is 4.42 Å². The fourth-order valence-electron chi connectivity index (χ4n) is 7.55. The Morgan fingerprint density at radius 2 is 0.920 bits per heavy atom. The lowest BCUT2D eigenvalue weighted by Gasteiger charge is -2.28. The summed E-state index contributed by atoms with van der Waals surface area (Å²) in [6.45, 7) is 0. The number of anilines is 3. The summed E-state index contributed by atoms with van der Waals surface area (Å²) >= 11 is 0. The highest BCUT2D eigenvalue weighted by Gasteiger charge is 2.19. The van der Waals surface area contributed by atoms with E-state index >= 15 is 0 Å². The first-order valence-corrected chi connectivity index (χ1v) is 17.1. The van der Waals surface area contributed by atoms with Gasteiger partial charge in [0.1, 0.15) is 11.2 Å². The van der Waals surface area contributed by atoms with Crippen LogP contribution in [0.2, 0.25) is 0 Å². The van der Waals surface area contributed by atoms with Crippen molar-refractivity contribution in [3.8, 4) is 22.3 Å². The summed E-state index contributed by atoms with van der Waals surface area (Å²) in [4.78, 5) is 2.39. The highest BCUT2D eigenvalue weighted by atomic mass is 16.3. The molecule has 50 heavy (non-hydrogen) atoms. The van der Waals surface area contributed by atoms with Gasteiger partial charge in [-0.1, -0.05) is 133 Å². The summed E-state index contributed by atoms with van der Waals surface area (Å²) in [6.07, 6.45) is 0. The molecule has 234 valence electrons. The third-order valence-electron chi connectivity index (χ3n) is 10.0. The molecule has 0 radical (unpaired) electrons. The van der Waals surface area contributed by atoms with Gasteiger partial charge >= 0.3 is 0 Å². The van der Waals surface area contributed by atoms with E-state index in [1.807, 2.05) is 0 Å². The van der Waals surface area contributed by atoms with E-state index in [1.54, 1.807) is 0 Å². The van der Waals surface area contributed by atoms with Gasteiger partial charge in [-0.2, -0.15) is 0 Å². The smallest absolute Gasteiger partial charge is 0.136 e. The van der Waals surface area contributed by atoms with Crippen LogP contribution in [0.3, 0.4) is 0 Å². The number of fused-ring (bicyclic) bond motifs is 6. The molecule has 0 aliphatic heterocycles. The van der Waals surface area contributed by atoms with Crippen LogP contribution < -0.4 is 4.90 Å². The zero-order valence-corrected chi connectivity index (χ0v) is 27.3. The first-order valence-electron chi connectivity index (χ1n) is 17.1. The number of hydrogen-bond donors (Lipinski definition) is 0. The van der Waals surface area contributed by atoms with Gasteiger partial charge in [0, 0.05) is 27.7 Å². The first kappa shape index (κ1) is 28.4.